The van der Waals surface area contributed by atoms with Crippen molar-refractivity contribution in [1.82, 2.24) is 9.97 Å². The normalized spacial score (nSPS) is 12.7. The third-order valence-corrected chi connectivity index (χ3v) is 5.71. The molecule has 0 saturated carbocycles. The molecule has 1 radical (unpaired) electrons. The molecule has 4 aromatic rings. The zero-order chi connectivity index (χ0) is 25.1. The van der Waals surface area contributed by atoms with Crippen LogP contribution >= 0.6 is 0 Å². The number of urea groups is 1. The summed E-state index contributed by atoms with van der Waals surface area (Å²) in [5.74, 6) is 1.12. The summed E-state index contributed by atoms with van der Waals surface area (Å²) in [6, 6.07) is 25.0. The maximum Gasteiger partial charge on any atom is 0.421 e. The molecule has 0 aliphatic carbocycles. The van der Waals surface area contributed by atoms with Crippen molar-refractivity contribution in [1.29, 1.82) is 0 Å². The molecule has 0 fully saturated rings. The van der Waals surface area contributed by atoms with Crippen LogP contribution in [0.25, 0.3) is 0 Å². The number of methoxy groups -OCH3 is 1. The van der Waals surface area contributed by atoms with Gasteiger partial charge in [-0.15, -0.1) is 0 Å². The zero-order valence-electron chi connectivity index (χ0n) is 19.4. The fourth-order valence-corrected chi connectivity index (χ4v) is 3.97. The molecule has 0 atom stereocenters. The van der Waals surface area contributed by atoms with E-state index in [0.29, 0.717) is 34.2 Å². The Hall–Kier alpha value is -4.92. The number of para-hydroxylation sites is 2. The number of hydrogen-bond donors (Lipinski definition) is 0. The first-order chi connectivity index (χ1) is 17.6. The summed E-state index contributed by atoms with van der Waals surface area (Å²) < 4.78 is 10.00. The van der Waals surface area contributed by atoms with Gasteiger partial charge in [0, 0.05) is 17.4 Å². The Morgan fingerprint density at radius 3 is 2.25 bits per heavy atom. The number of rotatable bonds is 5. The Balaban J connectivity index is 1.63. The average Bonchev–Trinajstić information content (AvgIpc) is 2.94. The minimum atomic E-state index is -0.755. The first kappa shape index (κ1) is 22.9. The predicted molar refractivity (Wildman–Crippen MR) is 136 cm³/mol. The quantitative estimate of drug-likeness (QED) is 0.357. The number of amides is 3. The van der Waals surface area contributed by atoms with E-state index >= 15 is 0 Å². The number of fused-ring (bicyclic) bond motifs is 1. The van der Waals surface area contributed by atoms with E-state index in [-0.39, 0.29) is 18.5 Å². The van der Waals surface area contributed by atoms with Crippen molar-refractivity contribution < 1.29 is 19.1 Å². The average molecular weight is 481 g/mol. The number of ether oxygens (including phenoxy) is 2. The smallest absolute Gasteiger partial charge is 0.421 e. The van der Waals surface area contributed by atoms with Gasteiger partial charge in [0.05, 0.1) is 25.0 Å². The molecule has 0 unspecified atom stereocenters. The largest absolute Gasteiger partial charge is 0.497 e. The molecule has 36 heavy (non-hydrogen) atoms. The molecule has 179 valence electrons. The molecule has 3 amide bonds. The van der Waals surface area contributed by atoms with Gasteiger partial charge in [-0.1, -0.05) is 36.4 Å². The van der Waals surface area contributed by atoms with Crippen molar-refractivity contribution in [3.63, 3.8) is 0 Å². The molecule has 9 heteroatoms. The van der Waals surface area contributed by atoms with Crippen LogP contribution in [0.4, 0.5) is 38.4 Å². The highest BCUT2D eigenvalue weighted by Crippen LogP contribution is 2.37. The van der Waals surface area contributed by atoms with Crippen molar-refractivity contribution >= 4 is 41.0 Å². The Morgan fingerprint density at radius 2 is 1.61 bits per heavy atom. The number of nitrogens with zero attached hydrogens (tertiary/aromatic N) is 5. The highest BCUT2D eigenvalue weighted by Gasteiger charge is 2.35. The van der Waals surface area contributed by atoms with Crippen LogP contribution in [0.1, 0.15) is 5.56 Å². The molecular weight excluding hydrogens is 458 g/mol. The number of hydrogen-bond acceptors (Lipinski definition) is 6. The molecule has 0 spiro atoms. The van der Waals surface area contributed by atoms with Crippen molar-refractivity contribution in [2.24, 2.45) is 0 Å². The van der Waals surface area contributed by atoms with Crippen LogP contribution in [-0.2, 0) is 11.3 Å². The number of anilines is 5. The third kappa shape index (κ3) is 4.18. The van der Waals surface area contributed by atoms with E-state index < -0.39 is 6.09 Å². The molecular formula is C27H22N5O4. The summed E-state index contributed by atoms with van der Waals surface area (Å²) in [6.07, 6.45) is 0.859. The molecule has 5 rings (SSSR count). The second kappa shape index (κ2) is 9.75. The zero-order valence-corrected chi connectivity index (χ0v) is 19.4. The van der Waals surface area contributed by atoms with Gasteiger partial charge in [-0.25, -0.2) is 24.4 Å². The first-order valence-corrected chi connectivity index (χ1v) is 11.1. The van der Waals surface area contributed by atoms with Crippen molar-refractivity contribution in [3.05, 3.63) is 104 Å². The molecule has 0 bridgehead atoms. The van der Waals surface area contributed by atoms with E-state index in [1.807, 2.05) is 48.5 Å². The van der Waals surface area contributed by atoms with E-state index in [0.717, 1.165) is 0 Å². The second-order valence-corrected chi connectivity index (χ2v) is 7.84. The van der Waals surface area contributed by atoms with Gasteiger partial charge in [-0.05, 0) is 48.5 Å². The Morgan fingerprint density at radius 1 is 0.944 bits per heavy atom. The lowest BCUT2D eigenvalue weighted by atomic mass is 10.1. The maximum absolute atomic E-state index is 13.8. The van der Waals surface area contributed by atoms with Crippen molar-refractivity contribution in [2.45, 2.75) is 6.54 Å². The van der Waals surface area contributed by atoms with Crippen LogP contribution in [0.3, 0.4) is 0 Å². The topological polar surface area (TPSA) is 88.1 Å². The van der Waals surface area contributed by atoms with Gasteiger partial charge in [0.15, 0.2) is 5.82 Å². The van der Waals surface area contributed by atoms with Gasteiger partial charge in [-0.2, -0.15) is 4.98 Å². The molecule has 1 aliphatic rings. The summed E-state index contributed by atoms with van der Waals surface area (Å²) in [6.45, 7) is 0.245. The lowest BCUT2D eigenvalue weighted by molar-refractivity contribution is 0.193. The summed E-state index contributed by atoms with van der Waals surface area (Å²) in [7, 11) is 4.84. The van der Waals surface area contributed by atoms with Crippen molar-refractivity contribution in [2.75, 3.05) is 21.8 Å². The van der Waals surface area contributed by atoms with Crippen LogP contribution in [0.5, 0.6) is 5.75 Å². The molecule has 9 nitrogen and oxygen atoms in total. The number of carbonyl (C=O) groups is 2. The first-order valence-electron chi connectivity index (χ1n) is 11.1. The van der Waals surface area contributed by atoms with Crippen LogP contribution in [0.2, 0.25) is 0 Å². The standard InChI is InChI=1S/C27H22N5O4/c1-35-23-15-13-20(14-16-23)30-18-19-17-28-25(32(27(34)36-2)22-11-7-4-8-12-22)29-24(19)31(26(30)33)21-9-5-3-6-10-21/h3-17H,2,18H2,1H3. The van der Waals surface area contributed by atoms with Crippen LogP contribution < -0.4 is 19.4 Å². The minimum absolute atomic E-state index is 0.0558. The summed E-state index contributed by atoms with van der Waals surface area (Å²) >= 11 is 0. The van der Waals surface area contributed by atoms with E-state index in [4.69, 9.17) is 9.47 Å². The predicted octanol–water partition coefficient (Wildman–Crippen LogP) is 5.83. The minimum Gasteiger partial charge on any atom is -0.497 e. The maximum atomic E-state index is 13.8. The van der Waals surface area contributed by atoms with E-state index in [2.05, 4.69) is 17.1 Å². The van der Waals surface area contributed by atoms with Gasteiger partial charge in [0.25, 0.3) is 0 Å². The number of benzene rings is 3. The van der Waals surface area contributed by atoms with Gasteiger partial charge >= 0.3 is 12.1 Å². The Bertz CT molecular complexity index is 1380. The monoisotopic (exact) mass is 480 g/mol. The second-order valence-electron chi connectivity index (χ2n) is 7.84. The van der Waals surface area contributed by atoms with E-state index in [1.54, 1.807) is 54.6 Å². The molecule has 1 aliphatic heterocycles. The summed E-state index contributed by atoms with van der Waals surface area (Å²) in [5, 5.41) is 0. The molecule has 3 aromatic carbocycles. The van der Waals surface area contributed by atoms with Gasteiger partial charge in [-0.3, -0.25) is 4.90 Å². The number of aromatic nitrogens is 2. The van der Waals surface area contributed by atoms with E-state index in [1.165, 1.54) is 9.80 Å². The lowest BCUT2D eigenvalue weighted by Crippen LogP contribution is -2.45. The molecule has 2 heterocycles. The fraction of sp³-hybridized carbons (Fsp3) is 0.0741. The fourth-order valence-electron chi connectivity index (χ4n) is 3.97. The van der Waals surface area contributed by atoms with Gasteiger partial charge < -0.3 is 9.47 Å². The Labute approximate surface area is 208 Å². The Kier molecular flexibility index (Phi) is 6.19. The van der Waals surface area contributed by atoms with Crippen LogP contribution in [-0.4, -0.2) is 29.2 Å². The highest BCUT2D eigenvalue weighted by molar-refractivity contribution is 6.10. The van der Waals surface area contributed by atoms with Gasteiger partial charge in [0.1, 0.15) is 12.9 Å². The SMILES string of the molecule is [CH2]OC(=O)N(c1ccccc1)c1ncc2c(n1)N(c1ccccc1)C(=O)N(c1ccc(OC)cc1)C2. The molecule has 1 aromatic heterocycles. The summed E-state index contributed by atoms with van der Waals surface area (Å²) in [5.41, 5.74) is 2.52. The van der Waals surface area contributed by atoms with Crippen LogP contribution in [0.15, 0.2) is 91.1 Å². The molecule has 0 N–H and O–H groups in total. The lowest BCUT2D eigenvalue weighted by Gasteiger charge is -2.36. The van der Waals surface area contributed by atoms with Crippen LogP contribution in [0, 0.1) is 7.11 Å². The van der Waals surface area contributed by atoms with Gasteiger partial charge in [0.2, 0.25) is 5.95 Å². The van der Waals surface area contributed by atoms with Crippen molar-refractivity contribution in [3.8, 4) is 5.75 Å². The third-order valence-electron chi connectivity index (χ3n) is 5.71. The number of carbonyl (C=O) groups excluding carboxylic acids is 2. The molecule has 0 saturated heterocycles. The van der Waals surface area contributed by atoms with E-state index in [9.17, 15) is 9.59 Å². The summed E-state index contributed by atoms with van der Waals surface area (Å²) in [4.78, 5) is 39.9. The highest BCUT2D eigenvalue weighted by atomic mass is 16.5.